The van der Waals surface area contributed by atoms with Gasteiger partial charge in [-0.15, -0.1) is 0 Å². The van der Waals surface area contributed by atoms with Crippen LogP contribution in [0.1, 0.15) is 44.1 Å². The van der Waals surface area contributed by atoms with Gasteiger partial charge in [0.25, 0.3) is 5.92 Å². The van der Waals surface area contributed by atoms with Gasteiger partial charge in [0, 0.05) is 57.5 Å². The van der Waals surface area contributed by atoms with Crippen LogP contribution in [0.5, 0.6) is 0 Å². The van der Waals surface area contributed by atoms with E-state index in [0.717, 1.165) is 58.4 Å². The quantitative estimate of drug-likeness (QED) is 0.771. The smallest absolute Gasteiger partial charge is 0.251 e. The molecular formula is C22H32F2N4O. The van der Waals surface area contributed by atoms with Gasteiger partial charge in [-0.3, -0.25) is 19.6 Å². The maximum atomic E-state index is 13.4. The molecule has 3 aliphatic rings. The SMILES string of the molecule is O=C(C1CCCN(C2CCN(Cc3cccnc3)CC2)C1)N1CCC(F)(F)CC1. The van der Waals surface area contributed by atoms with E-state index in [4.69, 9.17) is 0 Å². The number of carbonyl (C=O) groups excluding carboxylic acids is 1. The number of halogens is 2. The average Bonchev–Trinajstić information content (AvgIpc) is 2.75. The van der Waals surface area contributed by atoms with Crippen LogP contribution in [-0.2, 0) is 11.3 Å². The molecule has 1 aromatic rings. The molecule has 7 heteroatoms. The highest BCUT2D eigenvalue weighted by Crippen LogP contribution is 2.30. The molecule has 3 fully saturated rings. The second-order valence-corrected chi connectivity index (χ2v) is 8.88. The first-order chi connectivity index (χ1) is 14.0. The minimum Gasteiger partial charge on any atom is -0.342 e. The Morgan fingerprint density at radius 2 is 1.86 bits per heavy atom. The summed E-state index contributed by atoms with van der Waals surface area (Å²) in [5, 5.41) is 0. The van der Waals surface area contributed by atoms with Gasteiger partial charge in [0.05, 0.1) is 5.92 Å². The molecule has 1 aromatic heterocycles. The van der Waals surface area contributed by atoms with Gasteiger partial charge in [-0.05, 0) is 56.9 Å². The number of hydrogen-bond donors (Lipinski definition) is 0. The zero-order valence-electron chi connectivity index (χ0n) is 17.1. The highest BCUT2D eigenvalue weighted by atomic mass is 19.3. The molecule has 1 unspecified atom stereocenters. The molecule has 160 valence electrons. The van der Waals surface area contributed by atoms with Crippen LogP contribution in [0.4, 0.5) is 8.78 Å². The Kier molecular flexibility index (Phi) is 6.44. The first-order valence-corrected chi connectivity index (χ1v) is 11.0. The zero-order valence-corrected chi connectivity index (χ0v) is 17.1. The summed E-state index contributed by atoms with van der Waals surface area (Å²) in [5.74, 6) is -2.53. The van der Waals surface area contributed by atoms with E-state index in [1.165, 1.54) is 5.56 Å². The number of alkyl halides is 2. The zero-order chi connectivity index (χ0) is 20.3. The lowest BCUT2D eigenvalue weighted by Crippen LogP contribution is -2.52. The molecule has 4 rings (SSSR count). The van der Waals surface area contributed by atoms with Gasteiger partial charge in [-0.2, -0.15) is 0 Å². The summed E-state index contributed by atoms with van der Waals surface area (Å²) in [6.45, 7) is 5.32. The highest BCUT2D eigenvalue weighted by Gasteiger charge is 2.39. The van der Waals surface area contributed by atoms with Crippen molar-refractivity contribution in [3.05, 3.63) is 30.1 Å². The standard InChI is InChI=1S/C22H32F2N4O/c23-22(24)7-13-27(14-8-22)21(29)19-4-2-10-28(17-19)20-5-11-26(12-6-20)16-18-3-1-9-25-15-18/h1,3,9,15,19-20H,2,4-8,10-14,16-17H2. The molecule has 0 aliphatic carbocycles. The second kappa shape index (κ2) is 9.04. The van der Waals surface area contributed by atoms with Crippen LogP contribution in [0, 0.1) is 5.92 Å². The molecule has 0 N–H and O–H groups in total. The lowest BCUT2D eigenvalue weighted by atomic mass is 9.92. The molecule has 4 heterocycles. The maximum absolute atomic E-state index is 13.4. The van der Waals surface area contributed by atoms with Gasteiger partial charge in [0.2, 0.25) is 5.91 Å². The van der Waals surface area contributed by atoms with Crippen molar-refractivity contribution in [2.45, 2.75) is 57.0 Å². The third-order valence-corrected chi connectivity index (χ3v) is 6.81. The van der Waals surface area contributed by atoms with Crippen molar-refractivity contribution in [3.63, 3.8) is 0 Å². The van der Waals surface area contributed by atoms with Gasteiger partial charge in [-0.1, -0.05) is 6.07 Å². The number of nitrogens with zero attached hydrogens (tertiary/aromatic N) is 4. The van der Waals surface area contributed by atoms with E-state index in [-0.39, 0.29) is 37.8 Å². The van der Waals surface area contributed by atoms with E-state index in [0.29, 0.717) is 6.04 Å². The van der Waals surface area contributed by atoms with Gasteiger partial charge < -0.3 is 4.90 Å². The molecule has 0 aromatic carbocycles. The number of pyridine rings is 1. The number of likely N-dealkylation sites (tertiary alicyclic amines) is 3. The predicted octanol–water partition coefficient (Wildman–Crippen LogP) is 3.02. The summed E-state index contributed by atoms with van der Waals surface area (Å²) >= 11 is 0. The van der Waals surface area contributed by atoms with E-state index in [1.54, 1.807) is 11.1 Å². The Hall–Kier alpha value is -1.60. The molecule has 0 spiro atoms. The normalized spacial score (nSPS) is 27.1. The third kappa shape index (κ3) is 5.31. The lowest BCUT2D eigenvalue weighted by molar-refractivity contribution is -0.143. The Labute approximate surface area is 172 Å². The Morgan fingerprint density at radius 3 is 2.55 bits per heavy atom. The fourth-order valence-corrected chi connectivity index (χ4v) is 5.04. The Balaban J connectivity index is 1.25. The van der Waals surface area contributed by atoms with Crippen molar-refractivity contribution in [1.29, 1.82) is 0 Å². The minimum absolute atomic E-state index is 0.0242. The van der Waals surface area contributed by atoms with Crippen molar-refractivity contribution in [2.75, 3.05) is 39.3 Å². The van der Waals surface area contributed by atoms with Crippen LogP contribution in [0.25, 0.3) is 0 Å². The third-order valence-electron chi connectivity index (χ3n) is 6.81. The lowest BCUT2D eigenvalue weighted by Gasteiger charge is -2.43. The summed E-state index contributed by atoms with van der Waals surface area (Å²) in [6, 6.07) is 4.63. The van der Waals surface area contributed by atoms with Crippen molar-refractivity contribution in [3.8, 4) is 0 Å². The fraction of sp³-hybridized carbons (Fsp3) is 0.727. The Morgan fingerprint density at radius 1 is 1.10 bits per heavy atom. The first-order valence-electron chi connectivity index (χ1n) is 11.0. The molecular weight excluding hydrogens is 374 g/mol. The van der Waals surface area contributed by atoms with Crippen molar-refractivity contribution in [1.82, 2.24) is 19.7 Å². The van der Waals surface area contributed by atoms with Gasteiger partial charge in [0.1, 0.15) is 0 Å². The predicted molar refractivity (Wildman–Crippen MR) is 108 cm³/mol. The summed E-state index contributed by atoms with van der Waals surface area (Å²) < 4.78 is 26.8. The first kappa shape index (κ1) is 20.7. The fourth-order valence-electron chi connectivity index (χ4n) is 5.04. The van der Waals surface area contributed by atoms with E-state index in [2.05, 4.69) is 20.9 Å². The summed E-state index contributed by atoms with van der Waals surface area (Å²) in [4.78, 5) is 23.7. The Bertz CT molecular complexity index is 669. The average molecular weight is 407 g/mol. The minimum atomic E-state index is -2.60. The van der Waals surface area contributed by atoms with E-state index >= 15 is 0 Å². The number of amides is 1. The highest BCUT2D eigenvalue weighted by molar-refractivity contribution is 5.79. The molecule has 29 heavy (non-hydrogen) atoms. The van der Waals surface area contributed by atoms with Crippen molar-refractivity contribution < 1.29 is 13.6 Å². The van der Waals surface area contributed by atoms with Gasteiger partial charge >= 0.3 is 0 Å². The van der Waals surface area contributed by atoms with E-state index < -0.39 is 5.92 Å². The number of carbonyl (C=O) groups is 1. The number of aromatic nitrogens is 1. The number of rotatable bonds is 4. The van der Waals surface area contributed by atoms with Crippen LogP contribution < -0.4 is 0 Å². The number of piperidine rings is 3. The molecule has 1 atom stereocenters. The maximum Gasteiger partial charge on any atom is 0.251 e. The molecule has 3 saturated heterocycles. The summed E-state index contributed by atoms with van der Waals surface area (Å²) in [5.41, 5.74) is 1.25. The molecule has 0 saturated carbocycles. The van der Waals surface area contributed by atoms with Gasteiger partial charge in [0.15, 0.2) is 0 Å². The number of hydrogen-bond acceptors (Lipinski definition) is 4. The topological polar surface area (TPSA) is 39.7 Å². The molecule has 5 nitrogen and oxygen atoms in total. The molecule has 1 amide bonds. The summed E-state index contributed by atoms with van der Waals surface area (Å²) in [7, 11) is 0. The molecule has 3 aliphatic heterocycles. The van der Waals surface area contributed by atoms with Crippen molar-refractivity contribution >= 4 is 5.91 Å². The molecule has 0 radical (unpaired) electrons. The second-order valence-electron chi connectivity index (χ2n) is 8.88. The van der Waals surface area contributed by atoms with E-state index in [9.17, 15) is 13.6 Å². The van der Waals surface area contributed by atoms with E-state index in [1.807, 2.05) is 12.3 Å². The van der Waals surface area contributed by atoms with Gasteiger partial charge in [-0.25, -0.2) is 8.78 Å². The summed E-state index contributed by atoms with van der Waals surface area (Å²) in [6.07, 6.45) is 7.52. The molecule has 0 bridgehead atoms. The van der Waals surface area contributed by atoms with Crippen LogP contribution >= 0.6 is 0 Å². The monoisotopic (exact) mass is 406 g/mol. The van der Waals surface area contributed by atoms with Crippen LogP contribution in [0.15, 0.2) is 24.5 Å². The van der Waals surface area contributed by atoms with Crippen LogP contribution in [0.3, 0.4) is 0 Å². The van der Waals surface area contributed by atoms with Crippen molar-refractivity contribution in [2.24, 2.45) is 5.92 Å². The van der Waals surface area contributed by atoms with Crippen LogP contribution in [-0.4, -0.2) is 76.8 Å². The van der Waals surface area contributed by atoms with Crippen LogP contribution in [0.2, 0.25) is 0 Å². The largest absolute Gasteiger partial charge is 0.342 e.